The zero-order chi connectivity index (χ0) is 23.1. The summed E-state index contributed by atoms with van der Waals surface area (Å²) in [5, 5.41) is 8.66. The number of ether oxygens (including phenoxy) is 2. The standard InChI is InChI=1S/C25H30FNO5/c1-17-10-18(2)12-23(11-17)27(22-5-3-4-21(26)13-22)25(30)32-15-20-8-6-19(7-9-20)14-31-16-24(28)29/h3-5,10-13,19-20H,6-9,14-16H2,1-2H3,(H,28,29). The van der Waals surface area contributed by atoms with Crippen LogP contribution in [0.4, 0.5) is 20.6 Å². The van der Waals surface area contributed by atoms with Gasteiger partial charge >= 0.3 is 12.1 Å². The molecule has 0 heterocycles. The van der Waals surface area contributed by atoms with Crippen molar-refractivity contribution >= 4 is 23.4 Å². The average Bonchev–Trinajstić information content (AvgIpc) is 2.72. The minimum Gasteiger partial charge on any atom is -0.480 e. The topological polar surface area (TPSA) is 76.1 Å². The van der Waals surface area contributed by atoms with Crippen LogP contribution in [0.5, 0.6) is 0 Å². The summed E-state index contributed by atoms with van der Waals surface area (Å²) in [5.41, 5.74) is 3.05. The smallest absolute Gasteiger partial charge is 0.418 e. The predicted octanol–water partition coefficient (Wildman–Crippen LogP) is 5.62. The number of halogens is 1. The number of amides is 1. The summed E-state index contributed by atoms with van der Waals surface area (Å²) in [6, 6.07) is 11.7. The van der Waals surface area contributed by atoms with Crippen LogP contribution in [0.3, 0.4) is 0 Å². The fraction of sp³-hybridized carbons (Fsp3) is 0.440. The number of aliphatic carboxylic acids is 1. The summed E-state index contributed by atoms with van der Waals surface area (Å²) < 4.78 is 24.8. The van der Waals surface area contributed by atoms with Gasteiger partial charge in [-0.25, -0.2) is 18.9 Å². The lowest BCUT2D eigenvalue weighted by atomic mass is 9.83. The van der Waals surface area contributed by atoms with E-state index in [0.717, 1.165) is 36.8 Å². The minimum absolute atomic E-state index is 0.239. The van der Waals surface area contributed by atoms with E-state index in [1.165, 1.54) is 17.0 Å². The number of carbonyl (C=O) groups is 2. The molecule has 2 aromatic rings. The van der Waals surface area contributed by atoms with E-state index in [1.807, 2.05) is 32.0 Å². The molecule has 1 N–H and O–H groups in total. The molecular formula is C25H30FNO5. The van der Waals surface area contributed by atoms with Crippen molar-refractivity contribution in [2.24, 2.45) is 11.8 Å². The van der Waals surface area contributed by atoms with Gasteiger partial charge in [-0.2, -0.15) is 0 Å². The fourth-order valence-electron chi connectivity index (χ4n) is 4.19. The molecule has 0 saturated heterocycles. The molecule has 0 spiro atoms. The first kappa shape index (κ1) is 23.7. The fourth-order valence-corrected chi connectivity index (χ4v) is 4.19. The molecule has 1 aliphatic rings. The van der Waals surface area contributed by atoms with Crippen molar-refractivity contribution < 1.29 is 28.6 Å². The second-order valence-electron chi connectivity index (χ2n) is 8.53. The third-order valence-electron chi connectivity index (χ3n) is 5.70. The van der Waals surface area contributed by atoms with Gasteiger partial charge in [0.25, 0.3) is 0 Å². The Morgan fingerprint density at radius 3 is 2.19 bits per heavy atom. The summed E-state index contributed by atoms with van der Waals surface area (Å²) in [4.78, 5) is 25.1. The van der Waals surface area contributed by atoms with Crippen molar-refractivity contribution in [2.45, 2.75) is 39.5 Å². The number of hydrogen-bond donors (Lipinski definition) is 1. The zero-order valence-electron chi connectivity index (χ0n) is 18.6. The molecule has 1 fully saturated rings. The van der Waals surface area contributed by atoms with Crippen molar-refractivity contribution in [1.82, 2.24) is 0 Å². The number of rotatable bonds is 8. The molecule has 0 bridgehead atoms. The maximum atomic E-state index is 13.9. The number of benzene rings is 2. The molecule has 172 valence electrons. The number of aryl methyl sites for hydroxylation is 2. The molecule has 1 amide bonds. The van der Waals surface area contributed by atoms with Crippen LogP contribution in [0.15, 0.2) is 42.5 Å². The van der Waals surface area contributed by atoms with Gasteiger partial charge in [0, 0.05) is 0 Å². The Kier molecular flexibility index (Phi) is 8.22. The Morgan fingerprint density at radius 2 is 1.59 bits per heavy atom. The van der Waals surface area contributed by atoms with E-state index >= 15 is 0 Å². The number of nitrogens with zero attached hydrogens (tertiary/aromatic N) is 1. The molecule has 0 radical (unpaired) electrons. The largest absolute Gasteiger partial charge is 0.480 e. The number of anilines is 2. The summed E-state index contributed by atoms with van der Waals surface area (Å²) in [7, 11) is 0. The van der Waals surface area contributed by atoms with Gasteiger partial charge in [0.1, 0.15) is 12.4 Å². The van der Waals surface area contributed by atoms with E-state index in [9.17, 15) is 14.0 Å². The minimum atomic E-state index is -0.961. The lowest BCUT2D eigenvalue weighted by molar-refractivity contribution is -0.142. The molecule has 7 heteroatoms. The molecule has 0 aromatic heterocycles. The van der Waals surface area contributed by atoms with Crippen LogP contribution in [0, 0.1) is 31.5 Å². The van der Waals surface area contributed by atoms with E-state index < -0.39 is 17.9 Å². The normalized spacial score (nSPS) is 18.2. The first-order valence-electron chi connectivity index (χ1n) is 10.9. The van der Waals surface area contributed by atoms with Crippen LogP contribution in [-0.4, -0.2) is 37.0 Å². The van der Waals surface area contributed by atoms with Crippen LogP contribution in [0.1, 0.15) is 36.8 Å². The van der Waals surface area contributed by atoms with Gasteiger partial charge in [-0.1, -0.05) is 12.1 Å². The summed E-state index contributed by atoms with van der Waals surface area (Å²) in [6.45, 7) is 4.36. The van der Waals surface area contributed by atoms with Crippen molar-refractivity contribution in [3.63, 3.8) is 0 Å². The Balaban J connectivity index is 1.62. The van der Waals surface area contributed by atoms with Crippen LogP contribution < -0.4 is 4.90 Å². The van der Waals surface area contributed by atoms with Gasteiger partial charge < -0.3 is 14.6 Å². The SMILES string of the molecule is Cc1cc(C)cc(N(C(=O)OCC2CCC(COCC(=O)O)CC2)c2cccc(F)c2)c1. The number of carboxylic acids is 1. The maximum Gasteiger partial charge on any atom is 0.418 e. The van der Waals surface area contributed by atoms with Crippen molar-refractivity contribution in [2.75, 3.05) is 24.7 Å². The Labute approximate surface area is 187 Å². The number of carbonyl (C=O) groups excluding carboxylic acids is 1. The highest BCUT2D eigenvalue weighted by Crippen LogP contribution is 2.31. The van der Waals surface area contributed by atoms with Gasteiger partial charge in [-0.15, -0.1) is 0 Å². The van der Waals surface area contributed by atoms with Crippen molar-refractivity contribution in [3.05, 3.63) is 59.4 Å². The van der Waals surface area contributed by atoms with Crippen molar-refractivity contribution in [3.8, 4) is 0 Å². The second kappa shape index (κ2) is 11.1. The van der Waals surface area contributed by atoms with E-state index in [1.54, 1.807) is 12.1 Å². The monoisotopic (exact) mass is 443 g/mol. The van der Waals surface area contributed by atoms with Crippen LogP contribution in [0.2, 0.25) is 0 Å². The third kappa shape index (κ3) is 6.79. The van der Waals surface area contributed by atoms with Crippen molar-refractivity contribution in [1.29, 1.82) is 0 Å². The molecule has 3 rings (SSSR count). The van der Waals surface area contributed by atoms with E-state index in [0.29, 0.717) is 23.9 Å². The second-order valence-corrected chi connectivity index (χ2v) is 8.53. The van der Waals surface area contributed by atoms with E-state index in [4.69, 9.17) is 14.6 Å². The highest BCUT2D eigenvalue weighted by molar-refractivity contribution is 5.96. The highest BCUT2D eigenvalue weighted by Gasteiger charge is 2.25. The summed E-state index contributed by atoms with van der Waals surface area (Å²) in [5.74, 6) is -0.811. The van der Waals surface area contributed by atoms with Gasteiger partial charge in [0.15, 0.2) is 0 Å². The summed E-state index contributed by atoms with van der Waals surface area (Å²) in [6.07, 6.45) is 3.06. The Hall–Kier alpha value is -2.93. The average molecular weight is 444 g/mol. The van der Waals surface area contributed by atoms with E-state index in [-0.39, 0.29) is 19.1 Å². The van der Waals surface area contributed by atoms with Crippen LogP contribution in [-0.2, 0) is 14.3 Å². The maximum absolute atomic E-state index is 13.9. The molecule has 32 heavy (non-hydrogen) atoms. The van der Waals surface area contributed by atoms with Crippen LogP contribution >= 0.6 is 0 Å². The molecule has 0 unspecified atom stereocenters. The zero-order valence-corrected chi connectivity index (χ0v) is 18.6. The Bertz CT molecular complexity index is 919. The molecule has 0 aliphatic heterocycles. The van der Waals surface area contributed by atoms with E-state index in [2.05, 4.69) is 0 Å². The van der Waals surface area contributed by atoms with Gasteiger partial charge in [0.2, 0.25) is 0 Å². The lowest BCUT2D eigenvalue weighted by Gasteiger charge is -2.29. The quantitative estimate of drug-likeness (QED) is 0.573. The summed E-state index contributed by atoms with van der Waals surface area (Å²) >= 11 is 0. The molecule has 6 nitrogen and oxygen atoms in total. The first-order chi connectivity index (χ1) is 15.3. The predicted molar refractivity (Wildman–Crippen MR) is 120 cm³/mol. The molecule has 1 aliphatic carbocycles. The number of carboxylic acid groups (broad SMARTS) is 1. The first-order valence-corrected chi connectivity index (χ1v) is 10.9. The molecule has 0 atom stereocenters. The Morgan fingerprint density at radius 1 is 0.969 bits per heavy atom. The number of hydrogen-bond acceptors (Lipinski definition) is 4. The van der Waals surface area contributed by atoms with Gasteiger partial charge in [-0.3, -0.25) is 0 Å². The lowest BCUT2D eigenvalue weighted by Crippen LogP contribution is -2.30. The highest BCUT2D eigenvalue weighted by atomic mass is 19.1. The molecule has 1 saturated carbocycles. The molecular weight excluding hydrogens is 413 g/mol. The van der Waals surface area contributed by atoms with Gasteiger partial charge in [-0.05, 0) is 92.8 Å². The van der Waals surface area contributed by atoms with Gasteiger partial charge in [0.05, 0.1) is 24.6 Å². The van der Waals surface area contributed by atoms with Crippen LogP contribution in [0.25, 0.3) is 0 Å². The molecule has 2 aromatic carbocycles. The third-order valence-corrected chi connectivity index (χ3v) is 5.70.